The van der Waals surface area contributed by atoms with Crippen LogP contribution in [0.15, 0.2) is 47.4 Å². The standard InChI is InChI=1S/C20H21Cl2F3N2O5S/c21-14-1-6-18(22)19(11-14)31-13-15(28)12-26-7-9-27(10-8-26)33(29,30)17-4-2-16(3-5-17)32-20(23,24)25/h1-6,11,15,28H,7-10,12-13H2/t15-/m0/s1. The van der Waals surface area contributed by atoms with Gasteiger partial charge in [-0.1, -0.05) is 23.2 Å². The molecule has 0 aromatic heterocycles. The smallest absolute Gasteiger partial charge is 0.489 e. The molecular weight excluding hydrogens is 508 g/mol. The Labute approximate surface area is 199 Å². The summed E-state index contributed by atoms with van der Waals surface area (Å²) in [6, 6.07) is 8.81. The topological polar surface area (TPSA) is 79.3 Å². The number of piperazine rings is 1. The predicted molar refractivity (Wildman–Crippen MR) is 116 cm³/mol. The normalized spacial score (nSPS) is 17.0. The zero-order valence-electron chi connectivity index (χ0n) is 17.1. The predicted octanol–water partition coefficient (Wildman–Crippen LogP) is 3.64. The van der Waals surface area contributed by atoms with Crippen LogP contribution < -0.4 is 9.47 Å². The molecule has 0 unspecified atom stereocenters. The number of halogens is 5. The van der Waals surface area contributed by atoms with Gasteiger partial charge in [0.05, 0.1) is 9.92 Å². The van der Waals surface area contributed by atoms with Gasteiger partial charge in [0, 0.05) is 43.8 Å². The number of rotatable bonds is 8. The van der Waals surface area contributed by atoms with Crippen LogP contribution in [0.25, 0.3) is 0 Å². The van der Waals surface area contributed by atoms with Gasteiger partial charge in [-0.25, -0.2) is 8.42 Å². The van der Waals surface area contributed by atoms with Gasteiger partial charge in [-0.3, -0.25) is 4.90 Å². The molecule has 0 spiro atoms. The molecule has 1 aliphatic rings. The minimum atomic E-state index is -4.85. The van der Waals surface area contributed by atoms with E-state index in [9.17, 15) is 26.7 Å². The number of ether oxygens (including phenoxy) is 2. The molecule has 1 N–H and O–H groups in total. The molecule has 1 fully saturated rings. The number of β-amino-alcohol motifs (C(OH)–C–C–N with tert-alkyl or cyclic N) is 1. The molecule has 33 heavy (non-hydrogen) atoms. The van der Waals surface area contributed by atoms with Gasteiger partial charge >= 0.3 is 6.36 Å². The van der Waals surface area contributed by atoms with Crippen LogP contribution >= 0.6 is 23.2 Å². The van der Waals surface area contributed by atoms with Gasteiger partial charge in [0.1, 0.15) is 24.2 Å². The lowest BCUT2D eigenvalue weighted by Crippen LogP contribution is -2.50. The molecule has 0 bridgehead atoms. The van der Waals surface area contributed by atoms with Crippen LogP contribution in [0, 0.1) is 0 Å². The van der Waals surface area contributed by atoms with Crippen molar-refractivity contribution in [2.45, 2.75) is 17.4 Å². The fourth-order valence-corrected chi connectivity index (χ4v) is 5.00. The van der Waals surface area contributed by atoms with Crippen molar-refractivity contribution >= 4 is 33.2 Å². The number of benzene rings is 2. The fraction of sp³-hybridized carbons (Fsp3) is 0.400. The highest BCUT2D eigenvalue weighted by molar-refractivity contribution is 7.89. The van der Waals surface area contributed by atoms with Crippen molar-refractivity contribution in [3.05, 3.63) is 52.5 Å². The number of alkyl halides is 3. The van der Waals surface area contributed by atoms with Gasteiger partial charge in [0.2, 0.25) is 10.0 Å². The number of aliphatic hydroxyl groups excluding tert-OH is 1. The Hall–Kier alpha value is -1.76. The Balaban J connectivity index is 1.49. The first-order valence-corrected chi connectivity index (χ1v) is 12.0. The average Bonchev–Trinajstić information content (AvgIpc) is 2.74. The molecule has 1 heterocycles. The van der Waals surface area contributed by atoms with Crippen LogP contribution in [-0.4, -0.2) is 74.5 Å². The number of aliphatic hydroxyl groups is 1. The van der Waals surface area contributed by atoms with Gasteiger partial charge in [-0.15, -0.1) is 13.2 Å². The summed E-state index contributed by atoms with van der Waals surface area (Å²) >= 11 is 11.9. The van der Waals surface area contributed by atoms with Crippen LogP contribution in [0.3, 0.4) is 0 Å². The minimum Gasteiger partial charge on any atom is -0.489 e. The van der Waals surface area contributed by atoms with Crippen molar-refractivity contribution < 1.29 is 36.2 Å². The van der Waals surface area contributed by atoms with E-state index in [0.29, 0.717) is 28.9 Å². The third-order valence-electron chi connectivity index (χ3n) is 4.82. The van der Waals surface area contributed by atoms with Crippen LogP contribution in [0.4, 0.5) is 13.2 Å². The summed E-state index contributed by atoms with van der Waals surface area (Å²) in [7, 11) is -3.87. The number of nitrogens with zero attached hydrogens (tertiary/aromatic N) is 2. The van der Waals surface area contributed by atoms with Crippen molar-refractivity contribution in [2.75, 3.05) is 39.3 Å². The van der Waals surface area contributed by atoms with E-state index < -0.39 is 28.2 Å². The summed E-state index contributed by atoms with van der Waals surface area (Å²) in [6.45, 7) is 1.29. The molecule has 0 saturated carbocycles. The van der Waals surface area contributed by atoms with E-state index >= 15 is 0 Å². The zero-order valence-corrected chi connectivity index (χ0v) is 19.5. The van der Waals surface area contributed by atoms with Gasteiger partial charge in [-0.05, 0) is 36.4 Å². The molecule has 0 aliphatic carbocycles. The Bertz CT molecular complexity index is 1050. The molecule has 0 radical (unpaired) electrons. The van der Waals surface area contributed by atoms with Crippen LogP contribution in [-0.2, 0) is 10.0 Å². The highest BCUT2D eigenvalue weighted by Crippen LogP contribution is 2.28. The zero-order chi connectivity index (χ0) is 24.2. The summed E-state index contributed by atoms with van der Waals surface area (Å²) in [5.41, 5.74) is 0. The summed E-state index contributed by atoms with van der Waals surface area (Å²) in [5, 5.41) is 11.1. The van der Waals surface area contributed by atoms with Crippen molar-refractivity contribution in [3.63, 3.8) is 0 Å². The van der Waals surface area contributed by atoms with Gasteiger partial charge in [0.15, 0.2) is 0 Å². The Morgan fingerprint density at radius 2 is 1.67 bits per heavy atom. The van der Waals surface area contributed by atoms with Crippen molar-refractivity contribution in [1.82, 2.24) is 9.21 Å². The van der Waals surface area contributed by atoms with Crippen molar-refractivity contribution in [2.24, 2.45) is 0 Å². The minimum absolute atomic E-state index is 0.0229. The van der Waals surface area contributed by atoms with Gasteiger partial charge < -0.3 is 14.6 Å². The second-order valence-corrected chi connectivity index (χ2v) is 10.0. The first kappa shape index (κ1) is 25.9. The first-order valence-electron chi connectivity index (χ1n) is 9.78. The number of sulfonamides is 1. The van der Waals surface area contributed by atoms with E-state index in [1.54, 1.807) is 18.2 Å². The lowest BCUT2D eigenvalue weighted by molar-refractivity contribution is -0.274. The molecular formula is C20H21Cl2F3N2O5S. The SMILES string of the molecule is O=S(=O)(c1ccc(OC(F)(F)F)cc1)N1CCN(C[C@H](O)COc2cc(Cl)ccc2Cl)CC1. The number of hydrogen-bond acceptors (Lipinski definition) is 6. The van der Waals surface area contributed by atoms with E-state index in [0.717, 1.165) is 24.3 Å². The molecule has 2 aromatic carbocycles. The van der Waals surface area contributed by atoms with E-state index in [4.69, 9.17) is 27.9 Å². The van der Waals surface area contributed by atoms with E-state index in [2.05, 4.69) is 4.74 Å². The lowest BCUT2D eigenvalue weighted by Gasteiger charge is -2.34. The highest BCUT2D eigenvalue weighted by Gasteiger charge is 2.32. The quantitative estimate of drug-likeness (QED) is 0.563. The van der Waals surface area contributed by atoms with Crippen molar-refractivity contribution in [3.8, 4) is 11.5 Å². The maximum absolute atomic E-state index is 12.8. The molecule has 182 valence electrons. The molecule has 3 rings (SSSR count). The summed E-state index contributed by atoms with van der Waals surface area (Å²) < 4.78 is 72.9. The Kier molecular flexibility index (Phi) is 8.35. The van der Waals surface area contributed by atoms with E-state index in [1.165, 1.54) is 4.31 Å². The third-order valence-corrected chi connectivity index (χ3v) is 7.28. The second-order valence-electron chi connectivity index (χ2n) is 7.26. The van der Waals surface area contributed by atoms with Crippen LogP contribution in [0.5, 0.6) is 11.5 Å². The maximum atomic E-state index is 12.8. The Morgan fingerprint density at radius 3 is 2.27 bits per heavy atom. The van der Waals surface area contributed by atoms with Crippen molar-refractivity contribution in [1.29, 1.82) is 0 Å². The van der Waals surface area contributed by atoms with Crippen LogP contribution in [0.1, 0.15) is 0 Å². The monoisotopic (exact) mass is 528 g/mol. The van der Waals surface area contributed by atoms with Gasteiger partial charge in [-0.2, -0.15) is 4.31 Å². The molecule has 1 saturated heterocycles. The molecule has 13 heteroatoms. The molecule has 1 atom stereocenters. The highest BCUT2D eigenvalue weighted by atomic mass is 35.5. The van der Waals surface area contributed by atoms with Crippen LogP contribution in [0.2, 0.25) is 10.0 Å². The molecule has 1 aliphatic heterocycles. The Morgan fingerprint density at radius 1 is 1.03 bits per heavy atom. The van der Waals surface area contributed by atoms with E-state index in [1.807, 2.05) is 4.90 Å². The first-order chi connectivity index (χ1) is 15.4. The van der Waals surface area contributed by atoms with E-state index in [-0.39, 0.29) is 31.1 Å². The summed E-state index contributed by atoms with van der Waals surface area (Å²) in [5.74, 6) is -0.146. The molecule has 2 aromatic rings. The summed E-state index contributed by atoms with van der Waals surface area (Å²) in [6.07, 6.45) is -5.70. The third kappa shape index (κ3) is 7.36. The summed E-state index contributed by atoms with van der Waals surface area (Å²) in [4.78, 5) is 1.76. The lowest BCUT2D eigenvalue weighted by atomic mass is 10.3. The van der Waals surface area contributed by atoms with Gasteiger partial charge in [0.25, 0.3) is 0 Å². The average molecular weight is 529 g/mol. The molecule has 7 nitrogen and oxygen atoms in total. The maximum Gasteiger partial charge on any atom is 0.573 e. The fourth-order valence-electron chi connectivity index (χ4n) is 3.24. The largest absolute Gasteiger partial charge is 0.573 e. The number of hydrogen-bond donors (Lipinski definition) is 1. The second kappa shape index (κ2) is 10.7. The molecule has 0 amide bonds.